The number of hydrogen-bond acceptors (Lipinski definition) is 4. The van der Waals surface area contributed by atoms with Crippen LogP contribution in [0.15, 0.2) is 53.7 Å². The Kier molecular flexibility index (Phi) is 6.23. The van der Waals surface area contributed by atoms with Crippen molar-refractivity contribution < 1.29 is 4.79 Å². The van der Waals surface area contributed by atoms with Crippen molar-refractivity contribution in [1.82, 2.24) is 15.2 Å². The lowest BCUT2D eigenvalue weighted by Gasteiger charge is -2.02. The predicted molar refractivity (Wildman–Crippen MR) is 107 cm³/mol. The summed E-state index contributed by atoms with van der Waals surface area (Å²) in [4.78, 5) is 16.8. The monoisotopic (exact) mass is 365 g/mol. The molecule has 0 unspecified atom stereocenters. The molecule has 0 aliphatic rings. The van der Waals surface area contributed by atoms with E-state index in [4.69, 9.17) is 0 Å². The Labute approximate surface area is 158 Å². The number of hydrogen-bond donors (Lipinski definition) is 1. The van der Waals surface area contributed by atoms with Gasteiger partial charge in [0.25, 0.3) is 0 Å². The second-order valence-electron chi connectivity index (χ2n) is 6.34. The summed E-state index contributed by atoms with van der Waals surface area (Å²) < 4.78 is 0. The summed E-state index contributed by atoms with van der Waals surface area (Å²) in [5.74, 6) is 1.15. The number of aryl methyl sites for hydroxylation is 2. The third-order valence-corrected chi connectivity index (χ3v) is 5.06. The molecule has 5 heteroatoms. The summed E-state index contributed by atoms with van der Waals surface area (Å²) in [6.07, 6.45) is 3.43. The van der Waals surface area contributed by atoms with Crippen LogP contribution in [0.5, 0.6) is 0 Å². The minimum absolute atomic E-state index is 0.0960. The van der Waals surface area contributed by atoms with Crippen LogP contribution in [0.2, 0.25) is 0 Å². The summed E-state index contributed by atoms with van der Waals surface area (Å²) >= 11 is 1.36. The average Bonchev–Trinajstić information content (AvgIpc) is 3.14. The van der Waals surface area contributed by atoms with E-state index in [1.165, 1.54) is 35.7 Å². The molecule has 0 spiro atoms. The van der Waals surface area contributed by atoms with E-state index < -0.39 is 0 Å². The lowest BCUT2D eigenvalue weighted by atomic mass is 10.1. The minimum Gasteiger partial charge on any atom is -0.293 e. The zero-order chi connectivity index (χ0) is 18.4. The number of carbonyl (C=O) groups excluding carboxylic acids is 1. The van der Waals surface area contributed by atoms with Crippen molar-refractivity contribution in [1.29, 1.82) is 0 Å². The number of aromatic amines is 1. The number of thioether (sulfide) groups is 1. The second-order valence-corrected chi connectivity index (χ2v) is 7.29. The molecule has 0 bridgehead atoms. The molecule has 0 radical (unpaired) electrons. The van der Waals surface area contributed by atoms with Gasteiger partial charge in [0, 0.05) is 11.1 Å². The fraction of sp³-hybridized carbons (Fsp3) is 0.286. The van der Waals surface area contributed by atoms with Gasteiger partial charge in [-0.1, -0.05) is 79.2 Å². The van der Waals surface area contributed by atoms with Crippen molar-refractivity contribution in [2.24, 2.45) is 0 Å². The number of ketones is 1. The van der Waals surface area contributed by atoms with E-state index in [9.17, 15) is 4.79 Å². The Hall–Kier alpha value is -2.40. The molecule has 0 amide bonds. The van der Waals surface area contributed by atoms with Gasteiger partial charge in [0.15, 0.2) is 11.6 Å². The van der Waals surface area contributed by atoms with Crippen LogP contribution in [0.4, 0.5) is 0 Å². The topological polar surface area (TPSA) is 58.6 Å². The van der Waals surface area contributed by atoms with Gasteiger partial charge >= 0.3 is 0 Å². The number of unbranched alkanes of at least 4 members (excludes halogenated alkanes) is 1. The molecule has 134 valence electrons. The number of H-pyrrole nitrogens is 1. The largest absolute Gasteiger partial charge is 0.293 e. The fourth-order valence-electron chi connectivity index (χ4n) is 2.60. The summed E-state index contributed by atoms with van der Waals surface area (Å²) in [6, 6.07) is 16.0. The maximum atomic E-state index is 12.4. The first-order valence-electron chi connectivity index (χ1n) is 8.90. The van der Waals surface area contributed by atoms with Crippen LogP contribution in [-0.2, 0) is 6.42 Å². The maximum absolute atomic E-state index is 12.4. The molecule has 0 saturated carbocycles. The highest BCUT2D eigenvalue weighted by molar-refractivity contribution is 7.99. The van der Waals surface area contributed by atoms with Crippen LogP contribution in [0, 0.1) is 6.92 Å². The maximum Gasteiger partial charge on any atom is 0.209 e. The Bertz CT molecular complexity index is 854. The summed E-state index contributed by atoms with van der Waals surface area (Å²) in [7, 11) is 0. The quantitative estimate of drug-likeness (QED) is 0.446. The third-order valence-electron chi connectivity index (χ3n) is 4.22. The fourth-order valence-corrected chi connectivity index (χ4v) is 3.30. The van der Waals surface area contributed by atoms with Gasteiger partial charge in [0.05, 0.1) is 5.75 Å². The third kappa shape index (κ3) is 4.82. The van der Waals surface area contributed by atoms with Crippen molar-refractivity contribution in [2.75, 3.05) is 5.75 Å². The van der Waals surface area contributed by atoms with Crippen LogP contribution in [0.3, 0.4) is 0 Å². The molecular formula is C21H23N3OS. The molecule has 0 aliphatic carbocycles. The normalized spacial score (nSPS) is 10.8. The van der Waals surface area contributed by atoms with Crippen molar-refractivity contribution in [3.63, 3.8) is 0 Å². The van der Waals surface area contributed by atoms with Gasteiger partial charge in [-0.15, -0.1) is 5.10 Å². The molecule has 0 fully saturated rings. The van der Waals surface area contributed by atoms with E-state index in [0.717, 1.165) is 23.4 Å². The second kappa shape index (κ2) is 8.81. The molecule has 3 aromatic rings. The first-order valence-corrected chi connectivity index (χ1v) is 9.88. The Balaban J connectivity index is 1.57. The number of nitrogens with zero attached hydrogens (tertiary/aromatic N) is 2. The van der Waals surface area contributed by atoms with Crippen LogP contribution >= 0.6 is 11.8 Å². The van der Waals surface area contributed by atoms with Crippen molar-refractivity contribution >= 4 is 17.5 Å². The number of carbonyl (C=O) groups is 1. The van der Waals surface area contributed by atoms with Gasteiger partial charge in [-0.25, -0.2) is 4.98 Å². The Morgan fingerprint density at radius 2 is 1.81 bits per heavy atom. The minimum atomic E-state index is 0.0960. The van der Waals surface area contributed by atoms with Crippen LogP contribution in [0.1, 0.15) is 41.3 Å². The lowest BCUT2D eigenvalue weighted by Crippen LogP contribution is -2.02. The van der Waals surface area contributed by atoms with E-state index in [0.29, 0.717) is 10.9 Å². The highest BCUT2D eigenvalue weighted by atomic mass is 32.2. The lowest BCUT2D eigenvalue weighted by molar-refractivity contribution is 0.102. The van der Waals surface area contributed by atoms with Gasteiger partial charge in [0.1, 0.15) is 0 Å². The number of Topliss-reactive ketones (excluding diaryl/α,β-unsaturated/α-hetero) is 1. The van der Waals surface area contributed by atoms with Gasteiger partial charge in [-0.3, -0.25) is 9.89 Å². The molecular weight excluding hydrogens is 342 g/mol. The summed E-state index contributed by atoms with van der Waals surface area (Å²) in [5, 5.41) is 7.73. The molecule has 26 heavy (non-hydrogen) atoms. The summed E-state index contributed by atoms with van der Waals surface area (Å²) in [6.45, 7) is 4.23. The van der Waals surface area contributed by atoms with Gasteiger partial charge < -0.3 is 0 Å². The number of benzene rings is 2. The van der Waals surface area contributed by atoms with E-state index in [2.05, 4.69) is 34.2 Å². The standard InChI is InChI=1S/C21H23N3OS/c1-3-4-5-16-8-12-17(13-9-16)19(25)14-26-21-22-20(23-24-21)18-10-6-15(2)7-11-18/h6-13H,3-5,14H2,1-2H3,(H,22,23,24). The molecule has 0 saturated heterocycles. The molecule has 2 aromatic carbocycles. The van der Waals surface area contributed by atoms with Crippen molar-refractivity contribution in [3.05, 3.63) is 65.2 Å². The zero-order valence-corrected chi connectivity index (χ0v) is 16.0. The predicted octanol–water partition coefficient (Wildman–Crippen LogP) is 5.10. The van der Waals surface area contributed by atoms with Gasteiger partial charge in [-0.05, 0) is 25.3 Å². The van der Waals surface area contributed by atoms with E-state index in [1.807, 2.05) is 43.3 Å². The zero-order valence-electron chi connectivity index (χ0n) is 15.2. The number of rotatable bonds is 8. The molecule has 1 aromatic heterocycles. The van der Waals surface area contributed by atoms with Crippen molar-refractivity contribution in [2.45, 2.75) is 38.3 Å². The highest BCUT2D eigenvalue weighted by Crippen LogP contribution is 2.20. The van der Waals surface area contributed by atoms with Crippen LogP contribution in [-0.4, -0.2) is 26.7 Å². The van der Waals surface area contributed by atoms with Gasteiger partial charge in [0.2, 0.25) is 5.16 Å². The number of aromatic nitrogens is 3. The molecule has 1 N–H and O–H groups in total. The molecule has 4 nitrogen and oxygen atoms in total. The molecule has 0 atom stereocenters. The molecule has 0 aliphatic heterocycles. The number of nitrogens with one attached hydrogen (secondary N) is 1. The van der Waals surface area contributed by atoms with Crippen molar-refractivity contribution in [3.8, 4) is 11.4 Å². The van der Waals surface area contributed by atoms with E-state index in [-0.39, 0.29) is 5.78 Å². The molecule has 1 heterocycles. The highest BCUT2D eigenvalue weighted by Gasteiger charge is 2.11. The van der Waals surface area contributed by atoms with E-state index >= 15 is 0 Å². The van der Waals surface area contributed by atoms with E-state index in [1.54, 1.807) is 0 Å². The first-order chi connectivity index (χ1) is 12.7. The Morgan fingerprint density at radius 3 is 2.50 bits per heavy atom. The smallest absolute Gasteiger partial charge is 0.209 e. The molecule has 3 rings (SSSR count). The first kappa shape index (κ1) is 18.4. The SMILES string of the molecule is CCCCc1ccc(C(=O)CSc2n[nH]c(-c3ccc(C)cc3)n2)cc1. The average molecular weight is 366 g/mol. The Morgan fingerprint density at radius 1 is 1.08 bits per heavy atom. The van der Waals surface area contributed by atoms with Gasteiger partial charge in [-0.2, -0.15) is 0 Å². The summed E-state index contributed by atoms with van der Waals surface area (Å²) in [5.41, 5.74) is 4.22. The van der Waals surface area contributed by atoms with Crippen LogP contribution in [0.25, 0.3) is 11.4 Å². The van der Waals surface area contributed by atoms with Crippen LogP contribution < -0.4 is 0 Å².